The third-order valence-electron chi connectivity index (χ3n) is 3.39. The van der Waals surface area contributed by atoms with Crippen LogP contribution in [0.5, 0.6) is 0 Å². The molecular formula is C14H19N5O2. The summed E-state index contributed by atoms with van der Waals surface area (Å²) >= 11 is 0. The van der Waals surface area contributed by atoms with Gasteiger partial charge in [0.15, 0.2) is 0 Å². The summed E-state index contributed by atoms with van der Waals surface area (Å²) in [5.74, 6) is 0.876. The fraction of sp³-hybridized carbons (Fsp3) is 0.357. The number of nitrogens with zero attached hydrogens (tertiary/aromatic N) is 3. The molecule has 7 heteroatoms. The minimum Gasteiger partial charge on any atom is -0.360 e. The summed E-state index contributed by atoms with van der Waals surface area (Å²) in [6, 6.07) is 8.03. The summed E-state index contributed by atoms with van der Waals surface area (Å²) in [5.41, 5.74) is 7.74. The fourth-order valence-corrected chi connectivity index (χ4v) is 2.09. The van der Waals surface area contributed by atoms with Gasteiger partial charge in [0.1, 0.15) is 0 Å². The Kier molecular flexibility index (Phi) is 4.54. The van der Waals surface area contributed by atoms with E-state index in [0.717, 1.165) is 12.0 Å². The second kappa shape index (κ2) is 6.36. The van der Waals surface area contributed by atoms with Gasteiger partial charge < -0.3 is 21.2 Å². The lowest BCUT2D eigenvalue weighted by Crippen LogP contribution is -2.07. The Morgan fingerprint density at radius 1 is 1.33 bits per heavy atom. The number of nitro groups is 1. The maximum Gasteiger partial charge on any atom is 0.406 e. The van der Waals surface area contributed by atoms with Crippen molar-refractivity contribution < 1.29 is 4.92 Å². The van der Waals surface area contributed by atoms with E-state index in [0.29, 0.717) is 24.7 Å². The van der Waals surface area contributed by atoms with Crippen molar-refractivity contribution in [2.24, 2.45) is 12.8 Å². The first kappa shape index (κ1) is 15.0. The van der Waals surface area contributed by atoms with E-state index in [2.05, 4.69) is 10.3 Å². The van der Waals surface area contributed by atoms with Crippen molar-refractivity contribution in [2.45, 2.75) is 19.9 Å². The van der Waals surface area contributed by atoms with Gasteiger partial charge in [-0.3, -0.25) is 4.57 Å². The number of nitrogens with two attached hydrogens (primary N) is 1. The van der Waals surface area contributed by atoms with Crippen LogP contribution in [-0.2, 0) is 20.0 Å². The predicted molar refractivity (Wildman–Crippen MR) is 81.1 cm³/mol. The van der Waals surface area contributed by atoms with E-state index >= 15 is 0 Å². The monoisotopic (exact) mass is 289 g/mol. The number of nitrogens with one attached hydrogen (secondary N) is 1. The molecule has 0 aliphatic heterocycles. The van der Waals surface area contributed by atoms with Crippen LogP contribution >= 0.6 is 0 Å². The topological polar surface area (TPSA) is 99.0 Å². The third kappa shape index (κ3) is 3.38. The van der Waals surface area contributed by atoms with Crippen molar-refractivity contribution >= 4 is 11.6 Å². The fourth-order valence-electron chi connectivity index (χ4n) is 2.09. The largest absolute Gasteiger partial charge is 0.406 e. The van der Waals surface area contributed by atoms with Gasteiger partial charge in [-0.1, -0.05) is 24.3 Å². The molecule has 0 spiro atoms. The Bertz CT molecular complexity index is 634. The van der Waals surface area contributed by atoms with Crippen molar-refractivity contribution in [1.82, 2.24) is 9.55 Å². The standard InChI is InChI=1S/C14H19N5O2/c1-10-17-14(19(20)21)13(18(10)2)16-9-12-5-3-11(4-6-12)7-8-15/h3-6,16H,7-9,15H2,1-2H3. The molecule has 0 radical (unpaired) electrons. The SMILES string of the molecule is Cc1nc([N+](=O)[O-])c(NCc2ccc(CCN)cc2)n1C. The number of anilines is 1. The Morgan fingerprint density at radius 3 is 2.52 bits per heavy atom. The highest BCUT2D eigenvalue weighted by Crippen LogP contribution is 2.24. The third-order valence-corrected chi connectivity index (χ3v) is 3.39. The van der Waals surface area contributed by atoms with Gasteiger partial charge in [0.05, 0.1) is 0 Å². The molecule has 1 heterocycles. The molecule has 1 aromatic carbocycles. The molecule has 7 nitrogen and oxygen atoms in total. The average Bonchev–Trinajstić information content (AvgIpc) is 2.75. The van der Waals surface area contributed by atoms with Gasteiger partial charge in [-0.2, -0.15) is 0 Å². The van der Waals surface area contributed by atoms with Crippen molar-refractivity contribution in [2.75, 3.05) is 11.9 Å². The zero-order valence-electron chi connectivity index (χ0n) is 12.2. The van der Waals surface area contributed by atoms with Crippen LogP contribution < -0.4 is 11.1 Å². The summed E-state index contributed by atoms with van der Waals surface area (Å²) in [7, 11) is 1.75. The van der Waals surface area contributed by atoms with Gasteiger partial charge in [0.2, 0.25) is 11.6 Å². The van der Waals surface area contributed by atoms with Crippen molar-refractivity contribution in [1.29, 1.82) is 0 Å². The number of hydrogen-bond acceptors (Lipinski definition) is 5. The van der Waals surface area contributed by atoms with Crippen LogP contribution in [0, 0.1) is 17.0 Å². The number of rotatable bonds is 6. The maximum atomic E-state index is 11.0. The highest BCUT2D eigenvalue weighted by atomic mass is 16.6. The molecule has 0 aliphatic carbocycles. The molecule has 2 rings (SSSR count). The highest BCUT2D eigenvalue weighted by Gasteiger charge is 2.23. The first-order chi connectivity index (χ1) is 10.0. The van der Waals surface area contributed by atoms with E-state index in [1.807, 2.05) is 24.3 Å². The van der Waals surface area contributed by atoms with Gasteiger partial charge in [0, 0.05) is 20.5 Å². The lowest BCUT2D eigenvalue weighted by Gasteiger charge is -2.07. The molecule has 112 valence electrons. The van der Waals surface area contributed by atoms with Crippen LogP contribution in [0.25, 0.3) is 0 Å². The van der Waals surface area contributed by atoms with Crippen LogP contribution in [0.3, 0.4) is 0 Å². The zero-order valence-corrected chi connectivity index (χ0v) is 12.2. The minimum atomic E-state index is -0.473. The number of hydrogen-bond donors (Lipinski definition) is 2. The first-order valence-electron chi connectivity index (χ1n) is 6.72. The summed E-state index contributed by atoms with van der Waals surface area (Å²) in [5, 5.41) is 14.1. The minimum absolute atomic E-state index is 0.144. The molecule has 0 bridgehead atoms. The molecule has 0 saturated carbocycles. The van der Waals surface area contributed by atoms with Crippen molar-refractivity contribution in [3.63, 3.8) is 0 Å². The van der Waals surface area contributed by atoms with Gasteiger partial charge in [0.25, 0.3) is 0 Å². The van der Waals surface area contributed by atoms with E-state index in [-0.39, 0.29) is 5.82 Å². The second-order valence-corrected chi connectivity index (χ2v) is 4.86. The quantitative estimate of drug-likeness (QED) is 0.623. The molecule has 0 amide bonds. The van der Waals surface area contributed by atoms with E-state index in [1.165, 1.54) is 5.56 Å². The van der Waals surface area contributed by atoms with Crippen LogP contribution in [0.15, 0.2) is 24.3 Å². The normalized spacial score (nSPS) is 10.6. The van der Waals surface area contributed by atoms with Crippen molar-refractivity contribution in [3.05, 3.63) is 51.3 Å². The first-order valence-corrected chi connectivity index (χ1v) is 6.72. The Hall–Kier alpha value is -2.41. The number of aryl methyl sites for hydroxylation is 1. The van der Waals surface area contributed by atoms with E-state index in [9.17, 15) is 10.1 Å². The molecule has 0 atom stereocenters. The van der Waals surface area contributed by atoms with Crippen LogP contribution in [-0.4, -0.2) is 21.0 Å². The molecule has 21 heavy (non-hydrogen) atoms. The predicted octanol–water partition coefficient (Wildman–Crippen LogP) is 1.75. The number of benzene rings is 1. The van der Waals surface area contributed by atoms with Gasteiger partial charge >= 0.3 is 5.82 Å². The van der Waals surface area contributed by atoms with E-state index in [4.69, 9.17) is 5.73 Å². The lowest BCUT2D eigenvalue weighted by atomic mass is 10.1. The van der Waals surface area contributed by atoms with E-state index < -0.39 is 4.92 Å². The average molecular weight is 289 g/mol. The smallest absolute Gasteiger partial charge is 0.360 e. The molecule has 1 aromatic heterocycles. The molecule has 0 unspecified atom stereocenters. The summed E-state index contributed by atoms with van der Waals surface area (Å²) < 4.78 is 1.68. The summed E-state index contributed by atoms with van der Waals surface area (Å²) in [4.78, 5) is 14.5. The van der Waals surface area contributed by atoms with Crippen LogP contribution in [0.4, 0.5) is 11.6 Å². The lowest BCUT2D eigenvalue weighted by molar-refractivity contribution is -0.388. The van der Waals surface area contributed by atoms with Crippen LogP contribution in [0.2, 0.25) is 0 Å². The Labute approximate surface area is 122 Å². The van der Waals surface area contributed by atoms with E-state index in [1.54, 1.807) is 18.5 Å². The molecule has 0 aliphatic rings. The van der Waals surface area contributed by atoms with Gasteiger partial charge in [-0.05, 0) is 34.0 Å². The second-order valence-electron chi connectivity index (χ2n) is 4.86. The highest BCUT2D eigenvalue weighted by molar-refractivity contribution is 5.53. The zero-order chi connectivity index (χ0) is 15.4. The maximum absolute atomic E-state index is 11.0. The van der Waals surface area contributed by atoms with Crippen molar-refractivity contribution in [3.8, 4) is 0 Å². The van der Waals surface area contributed by atoms with Gasteiger partial charge in [-0.15, -0.1) is 0 Å². The Morgan fingerprint density at radius 2 is 1.95 bits per heavy atom. The summed E-state index contributed by atoms with van der Waals surface area (Å²) in [6.07, 6.45) is 0.847. The molecule has 0 saturated heterocycles. The Balaban J connectivity index is 2.11. The number of imidazole rings is 1. The molecule has 3 N–H and O–H groups in total. The molecule has 0 fully saturated rings. The van der Waals surface area contributed by atoms with Gasteiger partial charge in [-0.25, -0.2) is 0 Å². The molecule has 2 aromatic rings. The summed E-state index contributed by atoms with van der Waals surface area (Å²) in [6.45, 7) is 2.86. The number of aromatic nitrogens is 2. The molecular weight excluding hydrogens is 270 g/mol. The van der Waals surface area contributed by atoms with Crippen LogP contribution in [0.1, 0.15) is 17.0 Å².